The third-order valence-corrected chi connectivity index (χ3v) is 2.87. The number of H-pyrrole nitrogens is 1. The van der Waals surface area contributed by atoms with E-state index in [4.69, 9.17) is 5.73 Å². The average molecular weight is 282 g/mol. The number of imidazole rings is 1. The molecule has 0 unspecified atom stereocenters. The molecule has 104 valence electrons. The molecule has 2 aromatic heterocycles. The minimum Gasteiger partial charge on any atom is -0.382 e. The van der Waals surface area contributed by atoms with Crippen LogP contribution >= 0.6 is 0 Å². The summed E-state index contributed by atoms with van der Waals surface area (Å²) in [7, 11) is 0. The summed E-state index contributed by atoms with van der Waals surface area (Å²) in [4.78, 5) is 25.3. The molecule has 1 aromatic carbocycles. The molecule has 0 aliphatic carbocycles. The summed E-state index contributed by atoms with van der Waals surface area (Å²) in [5.74, 6) is 0.891. The molecule has 0 radical (unpaired) electrons. The Kier molecular flexibility index (Phi) is 3.03. The minimum atomic E-state index is -0.436. The summed E-state index contributed by atoms with van der Waals surface area (Å²) in [6, 6.07) is 6.21. The third kappa shape index (κ3) is 2.54. The SMILES string of the molecule is Nc1ncnc2[nH]c(C=Cc3ccc([N+](=O)[O-])cc3)nc12. The number of aromatic amines is 1. The van der Waals surface area contributed by atoms with Crippen LogP contribution in [-0.4, -0.2) is 24.9 Å². The van der Waals surface area contributed by atoms with Crippen molar-refractivity contribution >= 4 is 34.8 Å². The Hall–Kier alpha value is -3.29. The highest BCUT2D eigenvalue weighted by Gasteiger charge is 2.05. The molecule has 0 fully saturated rings. The summed E-state index contributed by atoms with van der Waals surface area (Å²) in [6.45, 7) is 0. The van der Waals surface area contributed by atoms with Gasteiger partial charge in [-0.25, -0.2) is 15.0 Å². The molecule has 0 bridgehead atoms. The van der Waals surface area contributed by atoms with Crippen molar-refractivity contribution in [3.63, 3.8) is 0 Å². The van der Waals surface area contributed by atoms with Crippen molar-refractivity contribution in [3.8, 4) is 0 Å². The van der Waals surface area contributed by atoms with Gasteiger partial charge in [0.05, 0.1) is 4.92 Å². The molecule has 0 aliphatic rings. The predicted molar refractivity (Wildman–Crippen MR) is 78.1 cm³/mol. The number of nitrogen functional groups attached to an aromatic ring is 1. The first kappa shape index (κ1) is 12.7. The zero-order valence-electron chi connectivity index (χ0n) is 10.7. The minimum absolute atomic E-state index is 0.0546. The van der Waals surface area contributed by atoms with Crippen molar-refractivity contribution in [1.82, 2.24) is 19.9 Å². The molecule has 0 amide bonds. The van der Waals surface area contributed by atoms with Crippen molar-refractivity contribution < 1.29 is 4.92 Å². The van der Waals surface area contributed by atoms with E-state index < -0.39 is 4.92 Å². The van der Waals surface area contributed by atoms with Crippen LogP contribution in [0.25, 0.3) is 23.3 Å². The van der Waals surface area contributed by atoms with E-state index in [2.05, 4.69) is 19.9 Å². The van der Waals surface area contributed by atoms with E-state index in [1.54, 1.807) is 24.3 Å². The van der Waals surface area contributed by atoms with Crippen LogP contribution in [0.4, 0.5) is 11.5 Å². The maximum atomic E-state index is 10.6. The quantitative estimate of drug-likeness (QED) is 0.559. The Balaban J connectivity index is 1.87. The molecule has 0 spiro atoms. The smallest absolute Gasteiger partial charge is 0.269 e. The Morgan fingerprint density at radius 2 is 1.95 bits per heavy atom. The van der Waals surface area contributed by atoms with Crippen LogP contribution in [0.15, 0.2) is 30.6 Å². The first-order chi connectivity index (χ1) is 10.1. The molecule has 0 saturated heterocycles. The first-order valence-electron chi connectivity index (χ1n) is 6.02. The van der Waals surface area contributed by atoms with Crippen LogP contribution in [-0.2, 0) is 0 Å². The van der Waals surface area contributed by atoms with Crippen molar-refractivity contribution in [3.05, 3.63) is 52.1 Å². The van der Waals surface area contributed by atoms with E-state index in [-0.39, 0.29) is 5.69 Å². The molecule has 3 aromatic rings. The molecule has 8 heteroatoms. The fraction of sp³-hybridized carbons (Fsp3) is 0. The molecule has 0 aliphatic heterocycles. The lowest BCUT2D eigenvalue weighted by molar-refractivity contribution is -0.384. The summed E-state index contributed by atoms with van der Waals surface area (Å²) in [6.07, 6.45) is 4.88. The Morgan fingerprint density at radius 1 is 1.19 bits per heavy atom. The number of hydrogen-bond acceptors (Lipinski definition) is 6. The monoisotopic (exact) mass is 282 g/mol. The van der Waals surface area contributed by atoms with Gasteiger partial charge >= 0.3 is 0 Å². The van der Waals surface area contributed by atoms with Crippen LogP contribution in [0.3, 0.4) is 0 Å². The zero-order chi connectivity index (χ0) is 14.8. The van der Waals surface area contributed by atoms with Gasteiger partial charge in [0.15, 0.2) is 17.0 Å². The van der Waals surface area contributed by atoms with Gasteiger partial charge in [0.2, 0.25) is 0 Å². The number of nitro benzene ring substituents is 1. The molecule has 0 saturated carbocycles. The Morgan fingerprint density at radius 3 is 2.62 bits per heavy atom. The van der Waals surface area contributed by atoms with E-state index in [0.29, 0.717) is 22.8 Å². The topological polar surface area (TPSA) is 124 Å². The van der Waals surface area contributed by atoms with E-state index in [0.717, 1.165) is 5.56 Å². The normalized spacial score (nSPS) is 11.2. The van der Waals surface area contributed by atoms with Crippen LogP contribution in [0.5, 0.6) is 0 Å². The van der Waals surface area contributed by atoms with Gasteiger partial charge in [0, 0.05) is 12.1 Å². The van der Waals surface area contributed by atoms with E-state index in [1.165, 1.54) is 18.5 Å². The predicted octanol–water partition coefficient (Wildman–Crippen LogP) is 2.01. The number of nitro groups is 1. The Labute approximate surface area is 118 Å². The molecule has 2 heterocycles. The first-order valence-corrected chi connectivity index (χ1v) is 6.02. The fourth-order valence-electron chi connectivity index (χ4n) is 1.83. The van der Waals surface area contributed by atoms with E-state index in [9.17, 15) is 10.1 Å². The van der Waals surface area contributed by atoms with E-state index >= 15 is 0 Å². The van der Waals surface area contributed by atoms with Crippen LogP contribution in [0.1, 0.15) is 11.4 Å². The van der Waals surface area contributed by atoms with Crippen molar-refractivity contribution in [2.45, 2.75) is 0 Å². The standard InChI is InChI=1S/C13H10N6O2/c14-12-11-13(16-7-15-12)18-10(17-11)6-3-8-1-4-9(5-2-8)19(20)21/h1-7H,(H3,14,15,16,17,18). The highest BCUT2D eigenvalue weighted by Crippen LogP contribution is 2.16. The largest absolute Gasteiger partial charge is 0.382 e. The van der Waals surface area contributed by atoms with E-state index in [1.807, 2.05) is 0 Å². The second-order valence-electron chi connectivity index (χ2n) is 4.26. The van der Waals surface area contributed by atoms with Gasteiger partial charge in [0.1, 0.15) is 12.2 Å². The number of nitrogens with two attached hydrogens (primary N) is 1. The number of benzene rings is 1. The third-order valence-electron chi connectivity index (χ3n) is 2.87. The number of anilines is 1. The van der Waals surface area contributed by atoms with Gasteiger partial charge in [-0.05, 0) is 23.8 Å². The number of fused-ring (bicyclic) bond motifs is 1. The molecular weight excluding hydrogens is 272 g/mol. The van der Waals surface area contributed by atoms with Crippen LogP contribution in [0.2, 0.25) is 0 Å². The van der Waals surface area contributed by atoms with Gasteiger partial charge in [-0.15, -0.1) is 0 Å². The second-order valence-corrected chi connectivity index (χ2v) is 4.26. The number of hydrogen-bond donors (Lipinski definition) is 2. The number of aromatic nitrogens is 4. The van der Waals surface area contributed by atoms with Crippen molar-refractivity contribution in [2.24, 2.45) is 0 Å². The molecule has 0 atom stereocenters. The molecular formula is C13H10N6O2. The summed E-state index contributed by atoms with van der Waals surface area (Å²) in [5.41, 5.74) is 7.65. The number of rotatable bonds is 3. The van der Waals surface area contributed by atoms with Gasteiger partial charge in [-0.2, -0.15) is 0 Å². The maximum Gasteiger partial charge on any atom is 0.269 e. The number of nitrogens with zero attached hydrogens (tertiary/aromatic N) is 4. The number of non-ortho nitro benzene ring substituents is 1. The van der Waals surface area contributed by atoms with Crippen LogP contribution in [0, 0.1) is 10.1 Å². The lowest BCUT2D eigenvalue weighted by Gasteiger charge is -1.93. The lowest BCUT2D eigenvalue weighted by atomic mass is 10.2. The molecule has 3 rings (SSSR count). The van der Waals surface area contributed by atoms with Gasteiger partial charge < -0.3 is 10.7 Å². The summed E-state index contributed by atoms with van der Waals surface area (Å²) >= 11 is 0. The van der Waals surface area contributed by atoms with Crippen LogP contribution < -0.4 is 5.73 Å². The molecule has 21 heavy (non-hydrogen) atoms. The fourth-order valence-corrected chi connectivity index (χ4v) is 1.83. The maximum absolute atomic E-state index is 10.6. The van der Waals surface area contributed by atoms with Gasteiger partial charge in [0.25, 0.3) is 5.69 Å². The summed E-state index contributed by atoms with van der Waals surface area (Å²) < 4.78 is 0. The highest BCUT2D eigenvalue weighted by molar-refractivity contribution is 5.83. The second kappa shape index (κ2) is 5.00. The molecule has 3 N–H and O–H groups in total. The highest BCUT2D eigenvalue weighted by atomic mass is 16.6. The lowest BCUT2D eigenvalue weighted by Crippen LogP contribution is -1.91. The zero-order valence-corrected chi connectivity index (χ0v) is 10.7. The van der Waals surface area contributed by atoms with Gasteiger partial charge in [-0.3, -0.25) is 10.1 Å². The molecule has 8 nitrogen and oxygen atoms in total. The summed E-state index contributed by atoms with van der Waals surface area (Å²) in [5, 5.41) is 10.6. The average Bonchev–Trinajstić information content (AvgIpc) is 2.90. The van der Waals surface area contributed by atoms with Gasteiger partial charge in [-0.1, -0.05) is 6.08 Å². The van der Waals surface area contributed by atoms with Crippen molar-refractivity contribution in [2.75, 3.05) is 5.73 Å². The number of nitrogens with one attached hydrogen (secondary N) is 1. The van der Waals surface area contributed by atoms with Crippen molar-refractivity contribution in [1.29, 1.82) is 0 Å². The Bertz CT molecular complexity index is 837.